The molecule has 1 aliphatic heterocycles. The van der Waals surface area contributed by atoms with E-state index in [1.165, 1.54) is 25.7 Å². The van der Waals surface area contributed by atoms with E-state index in [1.54, 1.807) is 0 Å². The molecule has 0 aromatic rings. The Morgan fingerprint density at radius 3 is 2.42 bits per heavy atom. The lowest BCUT2D eigenvalue weighted by atomic mass is 9.92. The van der Waals surface area contributed by atoms with Gasteiger partial charge in [0, 0.05) is 19.6 Å². The average molecular weight is 269 g/mol. The molecule has 0 bridgehead atoms. The Hall–Kier alpha value is -0.120. The summed E-state index contributed by atoms with van der Waals surface area (Å²) in [4.78, 5) is 2.41. The van der Waals surface area contributed by atoms with Crippen LogP contribution in [0.1, 0.15) is 46.5 Å². The Labute approximate surface area is 118 Å². The van der Waals surface area contributed by atoms with Crippen molar-refractivity contribution < 1.29 is 9.84 Å². The molecule has 3 heteroatoms. The summed E-state index contributed by atoms with van der Waals surface area (Å²) in [6.07, 6.45) is 5.11. The van der Waals surface area contributed by atoms with E-state index in [2.05, 4.69) is 25.7 Å². The van der Waals surface area contributed by atoms with Crippen LogP contribution in [0, 0.1) is 17.8 Å². The van der Waals surface area contributed by atoms with Crippen LogP contribution in [-0.4, -0.2) is 48.5 Å². The molecule has 2 fully saturated rings. The Morgan fingerprint density at radius 2 is 1.84 bits per heavy atom. The second kappa shape index (κ2) is 7.05. The van der Waals surface area contributed by atoms with Gasteiger partial charge in [0.15, 0.2) is 0 Å². The standard InChI is InChI=1S/C16H31NO2/c1-12-7-13(2)9-17(8-12)10-15(18)11-19-16-6-4-5-14(16)3/h12-16,18H,4-11H2,1-3H3/t12-,13+,14-,15-,16-/m0/s1. The summed E-state index contributed by atoms with van der Waals surface area (Å²) in [6, 6.07) is 0. The fourth-order valence-electron chi connectivity index (χ4n) is 3.89. The maximum Gasteiger partial charge on any atom is 0.0900 e. The number of β-amino-alcohol motifs (C(OH)–C–C–N with tert-alkyl or cyclic N) is 1. The van der Waals surface area contributed by atoms with Crippen LogP contribution in [-0.2, 0) is 4.74 Å². The maximum absolute atomic E-state index is 10.2. The number of aliphatic hydroxyl groups is 1. The lowest BCUT2D eigenvalue weighted by Crippen LogP contribution is -2.44. The molecular formula is C16H31NO2. The SMILES string of the molecule is C[C@@H]1C[C@H](C)CN(C[C@H](O)CO[C@H]2CCC[C@@H]2C)C1. The van der Waals surface area contributed by atoms with Gasteiger partial charge in [0.1, 0.15) is 0 Å². The van der Waals surface area contributed by atoms with Crippen molar-refractivity contribution in [2.75, 3.05) is 26.2 Å². The molecule has 5 atom stereocenters. The number of ether oxygens (including phenoxy) is 1. The van der Waals surface area contributed by atoms with Crippen molar-refractivity contribution in [2.45, 2.75) is 58.7 Å². The number of hydrogen-bond acceptors (Lipinski definition) is 3. The Morgan fingerprint density at radius 1 is 1.16 bits per heavy atom. The zero-order valence-corrected chi connectivity index (χ0v) is 12.8. The van der Waals surface area contributed by atoms with Gasteiger partial charge in [0.2, 0.25) is 0 Å². The molecule has 0 aromatic carbocycles. The smallest absolute Gasteiger partial charge is 0.0900 e. The molecule has 1 N–H and O–H groups in total. The van der Waals surface area contributed by atoms with Gasteiger partial charge < -0.3 is 14.7 Å². The molecular weight excluding hydrogens is 238 g/mol. The summed E-state index contributed by atoms with van der Waals surface area (Å²) in [6.45, 7) is 10.4. The van der Waals surface area contributed by atoms with Gasteiger partial charge in [0.25, 0.3) is 0 Å². The third kappa shape index (κ3) is 4.73. The minimum Gasteiger partial charge on any atom is -0.389 e. The first-order valence-corrected chi connectivity index (χ1v) is 8.06. The normalized spacial score (nSPS) is 38.5. The number of piperidine rings is 1. The predicted molar refractivity (Wildman–Crippen MR) is 78.1 cm³/mol. The van der Waals surface area contributed by atoms with Gasteiger partial charge in [-0.15, -0.1) is 0 Å². The molecule has 19 heavy (non-hydrogen) atoms. The zero-order valence-electron chi connectivity index (χ0n) is 12.8. The molecule has 0 aromatic heterocycles. The van der Waals surface area contributed by atoms with Crippen molar-refractivity contribution in [3.8, 4) is 0 Å². The van der Waals surface area contributed by atoms with Crippen LogP contribution in [0.2, 0.25) is 0 Å². The van der Waals surface area contributed by atoms with E-state index in [4.69, 9.17) is 4.74 Å². The van der Waals surface area contributed by atoms with Crippen LogP contribution in [0.15, 0.2) is 0 Å². The van der Waals surface area contributed by atoms with Crippen molar-refractivity contribution >= 4 is 0 Å². The molecule has 112 valence electrons. The van der Waals surface area contributed by atoms with Crippen molar-refractivity contribution in [2.24, 2.45) is 17.8 Å². The van der Waals surface area contributed by atoms with Gasteiger partial charge in [-0.25, -0.2) is 0 Å². The van der Waals surface area contributed by atoms with Gasteiger partial charge in [0.05, 0.1) is 18.8 Å². The number of aliphatic hydroxyl groups excluding tert-OH is 1. The molecule has 2 rings (SSSR count). The van der Waals surface area contributed by atoms with Gasteiger partial charge in [-0.2, -0.15) is 0 Å². The van der Waals surface area contributed by atoms with Crippen molar-refractivity contribution in [3.63, 3.8) is 0 Å². The third-order valence-electron chi connectivity index (χ3n) is 4.70. The fourth-order valence-corrected chi connectivity index (χ4v) is 3.89. The number of likely N-dealkylation sites (tertiary alicyclic amines) is 1. The average Bonchev–Trinajstić information content (AvgIpc) is 2.71. The highest BCUT2D eigenvalue weighted by Gasteiger charge is 2.26. The molecule has 0 spiro atoms. The van der Waals surface area contributed by atoms with Crippen LogP contribution >= 0.6 is 0 Å². The van der Waals surface area contributed by atoms with Crippen molar-refractivity contribution in [1.82, 2.24) is 4.90 Å². The molecule has 0 unspecified atom stereocenters. The molecule has 0 radical (unpaired) electrons. The van der Waals surface area contributed by atoms with E-state index in [1.807, 2.05) is 0 Å². The second-order valence-electron chi connectivity index (χ2n) is 7.10. The minimum absolute atomic E-state index is 0.328. The highest BCUT2D eigenvalue weighted by Crippen LogP contribution is 2.27. The largest absolute Gasteiger partial charge is 0.389 e. The van der Waals surface area contributed by atoms with E-state index in [9.17, 15) is 5.11 Å². The fraction of sp³-hybridized carbons (Fsp3) is 1.00. The van der Waals surface area contributed by atoms with E-state index in [-0.39, 0.29) is 6.10 Å². The van der Waals surface area contributed by atoms with Crippen molar-refractivity contribution in [3.05, 3.63) is 0 Å². The molecule has 1 aliphatic carbocycles. The monoisotopic (exact) mass is 269 g/mol. The van der Waals surface area contributed by atoms with Crippen LogP contribution in [0.4, 0.5) is 0 Å². The van der Waals surface area contributed by atoms with Crippen LogP contribution < -0.4 is 0 Å². The number of rotatable bonds is 5. The van der Waals surface area contributed by atoms with Crippen LogP contribution in [0.3, 0.4) is 0 Å². The van der Waals surface area contributed by atoms with E-state index in [0.29, 0.717) is 18.6 Å². The maximum atomic E-state index is 10.2. The minimum atomic E-state index is -0.328. The first-order chi connectivity index (χ1) is 9.04. The van der Waals surface area contributed by atoms with E-state index in [0.717, 1.165) is 31.5 Å². The predicted octanol–water partition coefficient (Wildman–Crippen LogP) is 2.53. The Kier molecular flexibility index (Phi) is 5.67. The number of nitrogens with zero attached hydrogens (tertiary/aromatic N) is 1. The molecule has 1 heterocycles. The highest BCUT2D eigenvalue weighted by molar-refractivity contribution is 4.78. The lowest BCUT2D eigenvalue weighted by molar-refractivity contribution is -0.0369. The first-order valence-electron chi connectivity index (χ1n) is 8.06. The third-order valence-corrected chi connectivity index (χ3v) is 4.70. The van der Waals surface area contributed by atoms with Crippen molar-refractivity contribution in [1.29, 1.82) is 0 Å². The summed E-state index contributed by atoms with van der Waals surface area (Å²) in [7, 11) is 0. The molecule has 3 nitrogen and oxygen atoms in total. The summed E-state index contributed by atoms with van der Waals surface area (Å²) >= 11 is 0. The second-order valence-corrected chi connectivity index (χ2v) is 7.10. The summed E-state index contributed by atoms with van der Waals surface area (Å²) in [5.41, 5.74) is 0. The Bertz CT molecular complexity index is 261. The summed E-state index contributed by atoms with van der Waals surface area (Å²) in [5.74, 6) is 2.18. The van der Waals surface area contributed by atoms with E-state index >= 15 is 0 Å². The molecule has 0 amide bonds. The first kappa shape index (κ1) is 15.3. The zero-order chi connectivity index (χ0) is 13.8. The van der Waals surface area contributed by atoms with Crippen LogP contribution in [0.5, 0.6) is 0 Å². The molecule has 1 saturated heterocycles. The highest BCUT2D eigenvalue weighted by atomic mass is 16.5. The van der Waals surface area contributed by atoms with Gasteiger partial charge in [-0.05, 0) is 37.0 Å². The lowest BCUT2D eigenvalue weighted by Gasteiger charge is -2.36. The summed E-state index contributed by atoms with van der Waals surface area (Å²) < 4.78 is 5.90. The topological polar surface area (TPSA) is 32.7 Å². The van der Waals surface area contributed by atoms with Gasteiger partial charge in [-0.3, -0.25) is 0 Å². The van der Waals surface area contributed by atoms with Crippen LogP contribution in [0.25, 0.3) is 0 Å². The van der Waals surface area contributed by atoms with E-state index < -0.39 is 0 Å². The summed E-state index contributed by atoms with van der Waals surface area (Å²) in [5, 5.41) is 10.2. The molecule has 2 aliphatic rings. The number of hydrogen-bond donors (Lipinski definition) is 1. The molecule has 1 saturated carbocycles. The van der Waals surface area contributed by atoms with Gasteiger partial charge in [-0.1, -0.05) is 27.2 Å². The quantitative estimate of drug-likeness (QED) is 0.832. The Balaban J connectivity index is 1.67. The van der Waals surface area contributed by atoms with Gasteiger partial charge >= 0.3 is 0 Å².